The second-order valence-electron chi connectivity index (χ2n) is 5.45. The first kappa shape index (κ1) is 15.2. The number of hydrogen-bond donors (Lipinski definition) is 1. The monoisotopic (exact) mass is 263 g/mol. The number of fused-ring (bicyclic) bond motifs is 1. The number of rotatable bonds is 3. The highest BCUT2D eigenvalue weighted by Gasteiger charge is 2.16. The molecule has 2 aromatic rings. The van der Waals surface area contributed by atoms with Crippen LogP contribution in [-0.4, -0.2) is 22.0 Å². The van der Waals surface area contributed by atoms with Gasteiger partial charge in [-0.3, -0.25) is 4.79 Å². The largest absolute Gasteiger partial charge is 0.460 e. The number of ether oxygens (including phenoxy) is 1. The summed E-state index contributed by atoms with van der Waals surface area (Å²) < 4.78 is 5.30. The number of nitrogens with one attached hydrogen (secondary N) is 1. The van der Waals surface area contributed by atoms with Crippen LogP contribution in [0.25, 0.3) is 10.9 Å². The van der Waals surface area contributed by atoms with Gasteiger partial charge in [0.15, 0.2) is 0 Å². The molecule has 3 N–H and O–H groups in total. The molecule has 104 valence electrons. The maximum atomic E-state index is 11.7. The Kier molecular flexibility index (Phi) is 4.72. The van der Waals surface area contributed by atoms with E-state index in [0.29, 0.717) is 12.8 Å². The van der Waals surface area contributed by atoms with Gasteiger partial charge < -0.3 is 15.2 Å². The van der Waals surface area contributed by atoms with E-state index in [0.717, 1.165) is 11.1 Å². The van der Waals surface area contributed by atoms with Crippen LogP contribution in [0.4, 0.5) is 0 Å². The lowest BCUT2D eigenvalue weighted by atomic mass is 10.1. The zero-order valence-corrected chi connectivity index (χ0v) is 11.6. The number of benzene rings is 1. The van der Waals surface area contributed by atoms with E-state index in [2.05, 4.69) is 11.1 Å². The first-order valence-corrected chi connectivity index (χ1v) is 6.22. The quantitative estimate of drug-likeness (QED) is 0.864. The van der Waals surface area contributed by atoms with Gasteiger partial charge in [-0.2, -0.15) is 0 Å². The minimum atomic E-state index is -0.405. The number of aryl methyl sites for hydroxylation is 1. The summed E-state index contributed by atoms with van der Waals surface area (Å²) in [7, 11) is 0. The van der Waals surface area contributed by atoms with Gasteiger partial charge in [0, 0.05) is 23.5 Å². The third-order valence-electron chi connectivity index (χ3n) is 2.69. The summed E-state index contributed by atoms with van der Waals surface area (Å²) in [5.74, 6) is -0.146. The molecule has 4 heteroatoms. The van der Waals surface area contributed by atoms with Crippen molar-refractivity contribution in [1.82, 2.24) is 4.98 Å². The minimum absolute atomic E-state index is 0. The van der Waals surface area contributed by atoms with Crippen LogP contribution in [0.3, 0.4) is 0 Å². The fraction of sp³-hybridized carbons (Fsp3) is 0.400. The molecule has 0 saturated carbocycles. The zero-order chi connectivity index (χ0) is 13.2. The summed E-state index contributed by atoms with van der Waals surface area (Å²) in [6, 6.07) is 8.10. The summed E-state index contributed by atoms with van der Waals surface area (Å²) in [4.78, 5) is 14.9. The molecule has 0 unspecified atom stereocenters. The normalized spacial score (nSPS) is 11.1. The molecule has 1 aromatic heterocycles. The molecule has 19 heavy (non-hydrogen) atoms. The molecule has 0 aliphatic rings. The van der Waals surface area contributed by atoms with Crippen LogP contribution in [0.15, 0.2) is 30.5 Å². The van der Waals surface area contributed by atoms with Crippen molar-refractivity contribution >= 4 is 16.9 Å². The fourth-order valence-corrected chi connectivity index (χ4v) is 1.97. The fourth-order valence-electron chi connectivity index (χ4n) is 1.97. The van der Waals surface area contributed by atoms with Crippen molar-refractivity contribution in [3.63, 3.8) is 0 Å². The van der Waals surface area contributed by atoms with Crippen LogP contribution in [0.1, 0.15) is 32.8 Å². The van der Waals surface area contributed by atoms with Crippen LogP contribution >= 0.6 is 0 Å². The molecule has 0 aliphatic carbocycles. The van der Waals surface area contributed by atoms with Crippen molar-refractivity contribution < 1.29 is 15.0 Å². The van der Waals surface area contributed by atoms with Crippen molar-refractivity contribution in [3.05, 3.63) is 36.0 Å². The summed E-state index contributed by atoms with van der Waals surface area (Å²) in [6.07, 6.45) is 3.09. The molecule has 0 bridgehead atoms. The van der Waals surface area contributed by atoms with Gasteiger partial charge in [0.25, 0.3) is 0 Å². The topological polar surface area (TPSA) is 73.6 Å². The second kappa shape index (κ2) is 5.89. The Morgan fingerprint density at radius 1 is 1.26 bits per heavy atom. The maximum absolute atomic E-state index is 11.7. The highest BCUT2D eigenvalue weighted by atomic mass is 16.6. The second-order valence-corrected chi connectivity index (χ2v) is 5.45. The minimum Gasteiger partial charge on any atom is -0.460 e. The van der Waals surface area contributed by atoms with Crippen LogP contribution in [0, 0.1) is 0 Å². The van der Waals surface area contributed by atoms with Gasteiger partial charge in [0.2, 0.25) is 0 Å². The molecule has 1 aromatic carbocycles. The number of para-hydroxylation sites is 1. The van der Waals surface area contributed by atoms with Gasteiger partial charge in [0.05, 0.1) is 0 Å². The highest BCUT2D eigenvalue weighted by Crippen LogP contribution is 2.19. The number of aromatic amines is 1. The van der Waals surface area contributed by atoms with E-state index in [-0.39, 0.29) is 11.4 Å². The Morgan fingerprint density at radius 3 is 2.63 bits per heavy atom. The summed E-state index contributed by atoms with van der Waals surface area (Å²) >= 11 is 0. The molecular weight excluding hydrogens is 242 g/mol. The van der Waals surface area contributed by atoms with E-state index in [4.69, 9.17) is 4.74 Å². The van der Waals surface area contributed by atoms with Crippen molar-refractivity contribution in [1.29, 1.82) is 0 Å². The van der Waals surface area contributed by atoms with E-state index in [9.17, 15) is 4.79 Å². The smallest absolute Gasteiger partial charge is 0.306 e. The Hall–Kier alpha value is -1.81. The standard InChI is InChI=1S/C15H19NO2.H2O/c1-15(2,3)18-14(17)9-8-11-10-16-13-7-5-4-6-12(11)13;/h4-7,10,16H,8-9H2,1-3H3;1H2. The molecule has 0 spiro atoms. The Balaban J connectivity index is 0.00000180. The zero-order valence-electron chi connectivity index (χ0n) is 11.6. The lowest BCUT2D eigenvalue weighted by Gasteiger charge is -2.19. The molecule has 0 amide bonds. The maximum Gasteiger partial charge on any atom is 0.306 e. The van der Waals surface area contributed by atoms with Gasteiger partial charge in [-0.1, -0.05) is 18.2 Å². The first-order valence-electron chi connectivity index (χ1n) is 6.22. The van der Waals surface area contributed by atoms with Crippen molar-refractivity contribution in [2.45, 2.75) is 39.2 Å². The predicted molar refractivity (Wildman–Crippen MR) is 76.1 cm³/mol. The van der Waals surface area contributed by atoms with E-state index < -0.39 is 5.60 Å². The summed E-state index contributed by atoms with van der Waals surface area (Å²) in [6.45, 7) is 5.66. The van der Waals surface area contributed by atoms with Gasteiger partial charge in [-0.25, -0.2) is 0 Å². The average Bonchev–Trinajstić information content (AvgIpc) is 2.67. The van der Waals surface area contributed by atoms with E-state index in [1.54, 1.807) is 0 Å². The van der Waals surface area contributed by atoms with Gasteiger partial charge >= 0.3 is 5.97 Å². The number of esters is 1. The number of carbonyl (C=O) groups excluding carboxylic acids is 1. The molecule has 0 radical (unpaired) electrons. The molecule has 1 heterocycles. The Bertz CT molecular complexity index is 552. The third-order valence-corrected chi connectivity index (χ3v) is 2.69. The molecule has 0 atom stereocenters. The lowest BCUT2D eigenvalue weighted by Crippen LogP contribution is -2.23. The molecular formula is C15H21NO3. The average molecular weight is 263 g/mol. The Morgan fingerprint density at radius 2 is 1.95 bits per heavy atom. The number of aromatic nitrogens is 1. The van der Waals surface area contributed by atoms with Crippen molar-refractivity contribution in [2.75, 3.05) is 0 Å². The predicted octanol–water partition coefficient (Wildman–Crippen LogP) is 2.62. The van der Waals surface area contributed by atoms with Crippen LogP contribution in [0.2, 0.25) is 0 Å². The molecule has 4 nitrogen and oxygen atoms in total. The van der Waals surface area contributed by atoms with Crippen LogP contribution in [-0.2, 0) is 16.0 Å². The van der Waals surface area contributed by atoms with Crippen LogP contribution < -0.4 is 0 Å². The lowest BCUT2D eigenvalue weighted by molar-refractivity contribution is -0.154. The van der Waals surface area contributed by atoms with Crippen LogP contribution in [0.5, 0.6) is 0 Å². The van der Waals surface area contributed by atoms with Gasteiger partial charge in [-0.15, -0.1) is 0 Å². The van der Waals surface area contributed by atoms with Crippen molar-refractivity contribution in [3.8, 4) is 0 Å². The highest BCUT2D eigenvalue weighted by molar-refractivity contribution is 5.83. The van der Waals surface area contributed by atoms with Gasteiger partial charge in [-0.05, 0) is 38.8 Å². The summed E-state index contributed by atoms with van der Waals surface area (Å²) in [5.41, 5.74) is 1.87. The van der Waals surface area contributed by atoms with Gasteiger partial charge in [0.1, 0.15) is 5.60 Å². The number of carbonyl (C=O) groups is 1. The molecule has 0 fully saturated rings. The summed E-state index contributed by atoms with van der Waals surface area (Å²) in [5, 5.41) is 1.18. The third kappa shape index (κ3) is 4.10. The van der Waals surface area contributed by atoms with E-state index >= 15 is 0 Å². The Labute approximate surface area is 113 Å². The first-order chi connectivity index (χ1) is 8.46. The van der Waals surface area contributed by atoms with E-state index in [1.807, 2.05) is 45.2 Å². The molecule has 0 aliphatic heterocycles. The molecule has 0 saturated heterocycles. The SMILES string of the molecule is CC(C)(C)OC(=O)CCc1c[nH]c2ccccc12.O. The number of H-pyrrole nitrogens is 1. The van der Waals surface area contributed by atoms with E-state index in [1.165, 1.54) is 5.39 Å². The van der Waals surface area contributed by atoms with Crippen molar-refractivity contribution in [2.24, 2.45) is 0 Å². The number of hydrogen-bond acceptors (Lipinski definition) is 2. The molecule has 2 rings (SSSR count).